The van der Waals surface area contributed by atoms with Crippen LogP contribution in [0.5, 0.6) is 0 Å². The molecule has 0 atom stereocenters. The molecule has 3 aromatic rings. The minimum atomic E-state index is -0.627. The Kier molecular flexibility index (Phi) is 3.38. The lowest BCUT2D eigenvalue weighted by atomic mass is 10.2. The molecule has 1 N–H and O–H groups in total. The van der Waals surface area contributed by atoms with E-state index < -0.39 is 11.7 Å². The van der Waals surface area contributed by atoms with Crippen LogP contribution in [0, 0.1) is 5.82 Å². The molecule has 0 spiro atoms. The molecule has 21 heavy (non-hydrogen) atoms. The molecule has 0 saturated heterocycles. The van der Waals surface area contributed by atoms with E-state index in [1.54, 1.807) is 12.1 Å². The molecule has 0 bridgehead atoms. The molecule has 2 aromatic heterocycles. The van der Waals surface area contributed by atoms with E-state index in [4.69, 9.17) is 4.42 Å². The third kappa shape index (κ3) is 2.92. The Balaban J connectivity index is 1.77. The van der Waals surface area contributed by atoms with Gasteiger partial charge in [0.05, 0.1) is 0 Å². The monoisotopic (exact) mass is 284 g/mol. The Morgan fingerprint density at radius 3 is 2.71 bits per heavy atom. The summed E-state index contributed by atoms with van der Waals surface area (Å²) >= 11 is 0. The van der Waals surface area contributed by atoms with Crippen LogP contribution >= 0.6 is 0 Å². The minimum absolute atomic E-state index is 0.0746. The number of carbonyl (C=O) groups is 1. The van der Waals surface area contributed by atoms with Crippen molar-refractivity contribution in [2.45, 2.75) is 0 Å². The van der Waals surface area contributed by atoms with E-state index >= 15 is 0 Å². The highest BCUT2D eigenvalue weighted by Crippen LogP contribution is 2.19. The van der Waals surface area contributed by atoms with Gasteiger partial charge in [-0.3, -0.25) is 15.1 Å². The summed E-state index contributed by atoms with van der Waals surface area (Å²) in [5.74, 6) is -0.901. The molecule has 0 fully saturated rings. The zero-order chi connectivity index (χ0) is 14.7. The molecule has 0 radical (unpaired) electrons. The van der Waals surface area contributed by atoms with E-state index in [9.17, 15) is 9.18 Å². The molecule has 3 rings (SSSR count). The summed E-state index contributed by atoms with van der Waals surface area (Å²) in [6.07, 6.45) is 1.20. The van der Waals surface area contributed by atoms with Gasteiger partial charge in [-0.25, -0.2) is 4.39 Å². The van der Waals surface area contributed by atoms with Crippen molar-refractivity contribution >= 4 is 11.9 Å². The van der Waals surface area contributed by atoms with Crippen molar-refractivity contribution < 1.29 is 13.6 Å². The Bertz CT molecular complexity index is 773. The number of rotatable bonds is 3. The Labute approximate surface area is 118 Å². The van der Waals surface area contributed by atoms with Crippen LogP contribution in [0.2, 0.25) is 0 Å². The fourth-order valence-corrected chi connectivity index (χ4v) is 1.66. The summed E-state index contributed by atoms with van der Waals surface area (Å²) in [5, 5.41) is 9.90. The second-order valence-electron chi connectivity index (χ2n) is 4.09. The number of amides is 1. The van der Waals surface area contributed by atoms with Gasteiger partial charge in [0.1, 0.15) is 11.5 Å². The van der Waals surface area contributed by atoms with Gasteiger partial charge in [0.2, 0.25) is 5.89 Å². The van der Waals surface area contributed by atoms with Gasteiger partial charge >= 0.3 is 6.01 Å². The van der Waals surface area contributed by atoms with Crippen molar-refractivity contribution in [3.63, 3.8) is 0 Å². The first-order valence-electron chi connectivity index (χ1n) is 6.04. The fourth-order valence-electron chi connectivity index (χ4n) is 1.66. The first kappa shape index (κ1) is 12.9. The number of hydrogen-bond acceptors (Lipinski definition) is 5. The summed E-state index contributed by atoms with van der Waals surface area (Å²) in [7, 11) is 0. The first-order chi connectivity index (χ1) is 10.2. The predicted molar refractivity (Wildman–Crippen MR) is 71.9 cm³/mol. The minimum Gasteiger partial charge on any atom is -0.403 e. The molecule has 0 saturated carbocycles. The number of carbonyl (C=O) groups excluding carboxylic acids is 1. The second-order valence-corrected chi connectivity index (χ2v) is 4.09. The number of hydrogen-bond donors (Lipinski definition) is 1. The van der Waals surface area contributed by atoms with Crippen molar-refractivity contribution in [3.05, 3.63) is 60.2 Å². The quantitative estimate of drug-likeness (QED) is 0.799. The van der Waals surface area contributed by atoms with E-state index in [1.165, 1.54) is 6.20 Å². The van der Waals surface area contributed by atoms with Crippen molar-refractivity contribution in [1.29, 1.82) is 0 Å². The standard InChI is InChI=1S/C14H9FN4O2/c15-10-6-7-16-11(8-10)12(20)17-14-19-18-13(21-14)9-4-2-1-3-5-9/h1-8H,(H,17,19,20). The summed E-state index contributed by atoms with van der Waals surface area (Å²) in [6.45, 7) is 0. The Morgan fingerprint density at radius 2 is 1.95 bits per heavy atom. The predicted octanol–water partition coefficient (Wildman–Crippen LogP) is 2.52. The molecule has 104 valence electrons. The smallest absolute Gasteiger partial charge is 0.322 e. The number of nitrogens with one attached hydrogen (secondary N) is 1. The Morgan fingerprint density at radius 1 is 1.14 bits per heavy atom. The molecule has 1 amide bonds. The van der Waals surface area contributed by atoms with E-state index in [2.05, 4.69) is 20.5 Å². The van der Waals surface area contributed by atoms with Crippen LogP contribution in [0.15, 0.2) is 53.1 Å². The number of aromatic nitrogens is 3. The van der Waals surface area contributed by atoms with Gasteiger partial charge in [-0.1, -0.05) is 23.3 Å². The molecule has 0 unspecified atom stereocenters. The highest BCUT2D eigenvalue weighted by atomic mass is 19.1. The molecule has 2 heterocycles. The number of benzene rings is 1. The Hall–Kier alpha value is -3.09. The summed E-state index contributed by atoms with van der Waals surface area (Å²) in [4.78, 5) is 15.6. The molecular weight excluding hydrogens is 275 g/mol. The maximum atomic E-state index is 13.0. The highest BCUT2D eigenvalue weighted by molar-refractivity contribution is 6.01. The fraction of sp³-hybridized carbons (Fsp3) is 0. The van der Waals surface area contributed by atoms with Crippen molar-refractivity contribution in [2.24, 2.45) is 0 Å². The SMILES string of the molecule is O=C(Nc1nnc(-c2ccccc2)o1)c1cc(F)ccn1. The lowest BCUT2D eigenvalue weighted by molar-refractivity contribution is 0.101. The number of nitrogens with zero attached hydrogens (tertiary/aromatic N) is 3. The largest absolute Gasteiger partial charge is 0.403 e. The number of pyridine rings is 1. The van der Waals surface area contributed by atoms with Crippen LogP contribution < -0.4 is 5.32 Å². The van der Waals surface area contributed by atoms with Crippen LogP contribution in [0.3, 0.4) is 0 Å². The van der Waals surface area contributed by atoms with E-state index in [0.717, 1.165) is 17.7 Å². The number of anilines is 1. The van der Waals surface area contributed by atoms with Gasteiger partial charge in [0.15, 0.2) is 0 Å². The zero-order valence-corrected chi connectivity index (χ0v) is 10.7. The van der Waals surface area contributed by atoms with E-state index in [0.29, 0.717) is 0 Å². The van der Waals surface area contributed by atoms with E-state index in [1.807, 2.05) is 18.2 Å². The molecule has 6 nitrogen and oxygen atoms in total. The van der Waals surface area contributed by atoms with Crippen molar-refractivity contribution in [3.8, 4) is 11.5 Å². The van der Waals surface area contributed by atoms with Crippen molar-refractivity contribution in [1.82, 2.24) is 15.2 Å². The maximum absolute atomic E-state index is 13.0. The van der Waals surface area contributed by atoms with Gasteiger partial charge in [0, 0.05) is 17.8 Å². The molecule has 0 aliphatic heterocycles. The zero-order valence-electron chi connectivity index (χ0n) is 10.7. The highest BCUT2D eigenvalue weighted by Gasteiger charge is 2.13. The summed E-state index contributed by atoms with van der Waals surface area (Å²) in [5.41, 5.74) is 0.656. The van der Waals surface area contributed by atoms with Crippen LogP contribution in [0.1, 0.15) is 10.5 Å². The molecule has 0 aliphatic rings. The lowest BCUT2D eigenvalue weighted by Gasteiger charge is -1.99. The van der Waals surface area contributed by atoms with Crippen LogP contribution in [0.25, 0.3) is 11.5 Å². The van der Waals surface area contributed by atoms with Crippen molar-refractivity contribution in [2.75, 3.05) is 5.32 Å². The third-order valence-corrected chi connectivity index (χ3v) is 2.62. The maximum Gasteiger partial charge on any atom is 0.322 e. The van der Waals surface area contributed by atoms with Crippen LogP contribution in [0.4, 0.5) is 10.4 Å². The molecular formula is C14H9FN4O2. The third-order valence-electron chi connectivity index (χ3n) is 2.62. The lowest BCUT2D eigenvalue weighted by Crippen LogP contribution is -2.14. The summed E-state index contributed by atoms with van der Waals surface area (Å²) < 4.78 is 18.3. The van der Waals surface area contributed by atoms with Gasteiger partial charge < -0.3 is 4.42 Å². The number of halogens is 1. The van der Waals surface area contributed by atoms with Gasteiger partial charge in [-0.05, 0) is 18.2 Å². The normalized spacial score (nSPS) is 10.3. The van der Waals surface area contributed by atoms with Gasteiger partial charge in [0.25, 0.3) is 5.91 Å². The van der Waals surface area contributed by atoms with Gasteiger partial charge in [-0.15, -0.1) is 5.10 Å². The average Bonchev–Trinajstić information content (AvgIpc) is 2.97. The first-order valence-corrected chi connectivity index (χ1v) is 6.04. The average molecular weight is 284 g/mol. The van der Waals surface area contributed by atoms with E-state index in [-0.39, 0.29) is 17.6 Å². The molecule has 7 heteroatoms. The molecule has 1 aromatic carbocycles. The van der Waals surface area contributed by atoms with Gasteiger partial charge in [-0.2, -0.15) is 0 Å². The topological polar surface area (TPSA) is 80.9 Å². The van der Waals surface area contributed by atoms with Crippen LogP contribution in [-0.4, -0.2) is 21.1 Å². The van der Waals surface area contributed by atoms with Crippen LogP contribution in [-0.2, 0) is 0 Å². The second kappa shape index (κ2) is 5.49. The summed E-state index contributed by atoms with van der Waals surface area (Å²) in [6, 6.07) is 11.2. The molecule has 0 aliphatic carbocycles.